The SMILES string of the molecule is CC(NC(=NC1CCCC1)NN)c1cccs1. The summed E-state index contributed by atoms with van der Waals surface area (Å²) in [6, 6.07) is 4.85. The van der Waals surface area contributed by atoms with Gasteiger partial charge in [-0.3, -0.25) is 5.43 Å². The number of thiophene rings is 1. The summed E-state index contributed by atoms with van der Waals surface area (Å²) in [5.41, 5.74) is 2.67. The van der Waals surface area contributed by atoms with E-state index in [1.807, 2.05) is 0 Å². The Morgan fingerprint density at radius 1 is 1.53 bits per heavy atom. The molecule has 0 bridgehead atoms. The van der Waals surface area contributed by atoms with Crippen LogP contribution in [0.3, 0.4) is 0 Å². The third-order valence-electron chi connectivity index (χ3n) is 3.10. The van der Waals surface area contributed by atoms with Crippen molar-refractivity contribution >= 4 is 17.3 Å². The van der Waals surface area contributed by atoms with E-state index in [-0.39, 0.29) is 6.04 Å². The first-order chi connectivity index (χ1) is 8.29. The number of hydrogen-bond donors (Lipinski definition) is 3. The molecule has 0 spiro atoms. The molecular formula is C12H20N4S. The lowest BCUT2D eigenvalue weighted by Crippen LogP contribution is -2.43. The molecule has 94 valence electrons. The van der Waals surface area contributed by atoms with Gasteiger partial charge < -0.3 is 5.32 Å². The second-order valence-electron chi connectivity index (χ2n) is 4.44. The number of nitrogens with zero attached hydrogens (tertiary/aromatic N) is 1. The second kappa shape index (κ2) is 6.02. The number of hydrogen-bond acceptors (Lipinski definition) is 3. The van der Waals surface area contributed by atoms with Gasteiger partial charge in [-0.05, 0) is 31.2 Å². The Kier molecular flexibility index (Phi) is 4.39. The minimum Gasteiger partial charge on any atom is -0.348 e. The van der Waals surface area contributed by atoms with E-state index in [4.69, 9.17) is 5.84 Å². The van der Waals surface area contributed by atoms with Crippen LogP contribution in [0.4, 0.5) is 0 Å². The van der Waals surface area contributed by atoms with Crippen LogP contribution in [0.15, 0.2) is 22.5 Å². The van der Waals surface area contributed by atoms with Crippen molar-refractivity contribution in [2.45, 2.75) is 44.7 Å². The van der Waals surface area contributed by atoms with E-state index in [0.29, 0.717) is 12.0 Å². The highest BCUT2D eigenvalue weighted by Gasteiger charge is 2.15. The molecule has 1 aromatic rings. The van der Waals surface area contributed by atoms with Gasteiger partial charge in [0.15, 0.2) is 0 Å². The fraction of sp³-hybridized carbons (Fsp3) is 0.583. The van der Waals surface area contributed by atoms with Gasteiger partial charge in [0.2, 0.25) is 5.96 Å². The zero-order valence-corrected chi connectivity index (χ0v) is 11.0. The van der Waals surface area contributed by atoms with Crippen LogP contribution in [0.5, 0.6) is 0 Å². The highest BCUT2D eigenvalue weighted by Crippen LogP contribution is 2.21. The van der Waals surface area contributed by atoms with Crippen LogP contribution < -0.4 is 16.6 Å². The lowest BCUT2D eigenvalue weighted by atomic mass is 10.2. The van der Waals surface area contributed by atoms with E-state index in [9.17, 15) is 0 Å². The lowest BCUT2D eigenvalue weighted by Gasteiger charge is -2.16. The maximum atomic E-state index is 5.51. The molecule has 0 amide bonds. The first-order valence-corrected chi connectivity index (χ1v) is 7.02. The molecule has 1 atom stereocenters. The molecule has 0 aliphatic heterocycles. The van der Waals surface area contributed by atoms with E-state index in [2.05, 4.69) is 40.2 Å². The minimum atomic E-state index is 0.242. The molecule has 1 fully saturated rings. The topological polar surface area (TPSA) is 62.4 Å². The van der Waals surface area contributed by atoms with Crippen LogP contribution in [-0.4, -0.2) is 12.0 Å². The summed E-state index contributed by atoms with van der Waals surface area (Å²) in [4.78, 5) is 5.91. The summed E-state index contributed by atoms with van der Waals surface area (Å²) >= 11 is 1.74. The molecule has 4 N–H and O–H groups in total. The molecular weight excluding hydrogens is 232 g/mol. The fourth-order valence-corrected chi connectivity index (χ4v) is 2.88. The number of rotatable bonds is 3. The van der Waals surface area contributed by atoms with Gasteiger partial charge in [0.05, 0.1) is 12.1 Å². The smallest absolute Gasteiger partial charge is 0.206 e. The van der Waals surface area contributed by atoms with E-state index in [0.717, 1.165) is 0 Å². The number of hydrazine groups is 1. The van der Waals surface area contributed by atoms with Gasteiger partial charge in [0, 0.05) is 4.88 Å². The van der Waals surface area contributed by atoms with Gasteiger partial charge >= 0.3 is 0 Å². The van der Waals surface area contributed by atoms with Crippen molar-refractivity contribution in [2.75, 3.05) is 0 Å². The van der Waals surface area contributed by atoms with Gasteiger partial charge in [-0.15, -0.1) is 11.3 Å². The minimum absolute atomic E-state index is 0.242. The summed E-state index contributed by atoms with van der Waals surface area (Å²) in [6.45, 7) is 2.12. The summed E-state index contributed by atoms with van der Waals surface area (Å²) in [7, 11) is 0. The summed E-state index contributed by atoms with van der Waals surface area (Å²) in [6.07, 6.45) is 4.93. The van der Waals surface area contributed by atoms with Crippen molar-refractivity contribution in [3.8, 4) is 0 Å². The Hall–Kier alpha value is -1.07. The zero-order valence-electron chi connectivity index (χ0n) is 10.1. The number of guanidine groups is 1. The van der Waals surface area contributed by atoms with E-state index in [1.165, 1.54) is 30.6 Å². The van der Waals surface area contributed by atoms with Gasteiger partial charge in [-0.1, -0.05) is 18.9 Å². The van der Waals surface area contributed by atoms with Crippen LogP contribution in [-0.2, 0) is 0 Å². The van der Waals surface area contributed by atoms with Crippen molar-refractivity contribution in [3.05, 3.63) is 22.4 Å². The molecule has 0 saturated heterocycles. The second-order valence-corrected chi connectivity index (χ2v) is 5.42. The molecule has 1 saturated carbocycles. The van der Waals surface area contributed by atoms with E-state index >= 15 is 0 Å². The lowest BCUT2D eigenvalue weighted by molar-refractivity contribution is 0.658. The first kappa shape index (κ1) is 12.4. The third-order valence-corrected chi connectivity index (χ3v) is 4.15. The molecule has 1 aliphatic carbocycles. The van der Waals surface area contributed by atoms with E-state index in [1.54, 1.807) is 11.3 Å². The molecule has 1 aliphatic rings. The molecule has 2 rings (SSSR count). The van der Waals surface area contributed by atoms with Crippen molar-refractivity contribution in [3.63, 3.8) is 0 Å². The molecule has 1 heterocycles. The molecule has 1 aromatic heterocycles. The standard InChI is InChI=1S/C12H20N4S/c1-9(11-7-4-8-17-11)14-12(16-13)15-10-5-2-3-6-10/h4,7-10H,2-3,5-6,13H2,1H3,(H2,14,15,16). The molecule has 17 heavy (non-hydrogen) atoms. The maximum Gasteiger partial charge on any atom is 0.206 e. The average Bonchev–Trinajstić information content (AvgIpc) is 3.00. The molecule has 1 unspecified atom stereocenters. The predicted octanol–water partition coefficient (Wildman–Crippen LogP) is 2.16. The van der Waals surface area contributed by atoms with E-state index < -0.39 is 0 Å². The summed E-state index contributed by atoms with van der Waals surface area (Å²) < 4.78 is 0. The molecule has 5 heteroatoms. The molecule has 0 radical (unpaired) electrons. The Morgan fingerprint density at radius 3 is 2.88 bits per heavy atom. The number of aliphatic imine (C=N–C) groups is 1. The van der Waals surface area contributed by atoms with Crippen molar-refractivity contribution < 1.29 is 0 Å². The quantitative estimate of drug-likeness (QED) is 0.334. The van der Waals surface area contributed by atoms with Crippen LogP contribution in [0.2, 0.25) is 0 Å². The van der Waals surface area contributed by atoms with Gasteiger partial charge in [0.1, 0.15) is 0 Å². The Bertz CT molecular complexity index is 355. The first-order valence-electron chi connectivity index (χ1n) is 6.14. The summed E-state index contributed by atoms with van der Waals surface area (Å²) in [5.74, 6) is 6.22. The third kappa shape index (κ3) is 3.44. The van der Waals surface area contributed by atoms with Gasteiger partial charge in [-0.2, -0.15) is 0 Å². The monoisotopic (exact) mass is 252 g/mol. The Labute approximate surface area is 106 Å². The van der Waals surface area contributed by atoms with Crippen molar-refractivity contribution in [1.82, 2.24) is 10.7 Å². The van der Waals surface area contributed by atoms with Crippen LogP contribution in [0.1, 0.15) is 43.5 Å². The van der Waals surface area contributed by atoms with Crippen LogP contribution in [0.25, 0.3) is 0 Å². The maximum absolute atomic E-state index is 5.51. The van der Waals surface area contributed by atoms with Crippen molar-refractivity contribution in [1.29, 1.82) is 0 Å². The molecule has 0 aromatic carbocycles. The summed E-state index contributed by atoms with van der Waals surface area (Å²) in [5, 5.41) is 5.40. The number of nitrogens with two attached hydrogens (primary N) is 1. The highest BCUT2D eigenvalue weighted by atomic mass is 32.1. The average molecular weight is 252 g/mol. The number of nitrogens with one attached hydrogen (secondary N) is 2. The van der Waals surface area contributed by atoms with Crippen LogP contribution in [0, 0.1) is 0 Å². The molecule has 4 nitrogen and oxygen atoms in total. The fourth-order valence-electron chi connectivity index (χ4n) is 2.15. The largest absolute Gasteiger partial charge is 0.348 e. The van der Waals surface area contributed by atoms with Gasteiger partial charge in [-0.25, -0.2) is 10.8 Å². The zero-order chi connectivity index (χ0) is 12.1. The Morgan fingerprint density at radius 2 is 2.29 bits per heavy atom. The predicted molar refractivity (Wildman–Crippen MR) is 72.9 cm³/mol. The van der Waals surface area contributed by atoms with Crippen molar-refractivity contribution in [2.24, 2.45) is 10.8 Å². The highest BCUT2D eigenvalue weighted by molar-refractivity contribution is 7.10. The van der Waals surface area contributed by atoms with Crippen LogP contribution >= 0.6 is 11.3 Å². The van der Waals surface area contributed by atoms with Gasteiger partial charge in [0.25, 0.3) is 0 Å². The normalized spacial score (nSPS) is 19.3. The Balaban J connectivity index is 1.94.